The minimum atomic E-state index is -0.919. The highest BCUT2D eigenvalue weighted by Crippen LogP contribution is 2.25. The Balaban J connectivity index is 2.41. The fourth-order valence-electron chi connectivity index (χ4n) is 2.00. The van der Waals surface area contributed by atoms with Crippen molar-refractivity contribution >= 4 is 33.6 Å². The van der Waals surface area contributed by atoms with Crippen molar-refractivity contribution in [1.29, 1.82) is 0 Å². The third-order valence-corrected chi connectivity index (χ3v) is 4.49. The molecule has 1 aromatic carbocycles. The number of halogens is 1. The number of benzene rings is 1. The van der Waals surface area contributed by atoms with Crippen molar-refractivity contribution < 1.29 is 9.90 Å². The van der Waals surface area contributed by atoms with Crippen LogP contribution in [0.25, 0.3) is 0 Å². The fraction of sp³-hybridized carbons (Fsp3) is 0.533. The standard InChI is InChI=1S/C15H23BrN2O2S/c1-11-7-12(16)5-6-13(11)21-8-14(19)17-9-15(2,20)10-18(3)4/h5-7,20H,8-10H2,1-4H3,(H,17,19). The molecular weight excluding hydrogens is 352 g/mol. The summed E-state index contributed by atoms with van der Waals surface area (Å²) in [4.78, 5) is 14.8. The first-order chi connectivity index (χ1) is 9.69. The second kappa shape index (κ2) is 8.17. The Morgan fingerprint density at radius 3 is 2.71 bits per heavy atom. The zero-order valence-corrected chi connectivity index (χ0v) is 15.3. The molecule has 0 aliphatic rings. The number of nitrogens with zero attached hydrogens (tertiary/aromatic N) is 1. The van der Waals surface area contributed by atoms with E-state index >= 15 is 0 Å². The van der Waals surface area contributed by atoms with Crippen LogP contribution in [0.3, 0.4) is 0 Å². The summed E-state index contributed by atoms with van der Waals surface area (Å²) in [7, 11) is 3.78. The van der Waals surface area contributed by atoms with Crippen LogP contribution in [-0.2, 0) is 4.79 Å². The molecular formula is C15H23BrN2O2S. The van der Waals surface area contributed by atoms with Crippen LogP contribution in [0.5, 0.6) is 0 Å². The summed E-state index contributed by atoms with van der Waals surface area (Å²) in [5.41, 5.74) is 0.221. The lowest BCUT2D eigenvalue weighted by Gasteiger charge is -2.27. The zero-order chi connectivity index (χ0) is 16.0. The molecule has 1 unspecified atom stereocenters. The maximum atomic E-state index is 11.9. The molecule has 0 spiro atoms. The smallest absolute Gasteiger partial charge is 0.230 e. The predicted molar refractivity (Wildman–Crippen MR) is 91.8 cm³/mol. The van der Waals surface area contributed by atoms with E-state index < -0.39 is 5.60 Å². The number of carbonyl (C=O) groups excluding carboxylic acids is 1. The summed E-state index contributed by atoms with van der Waals surface area (Å²) in [6.07, 6.45) is 0. The van der Waals surface area contributed by atoms with Crippen LogP contribution < -0.4 is 5.32 Å². The number of hydrogen-bond donors (Lipinski definition) is 2. The van der Waals surface area contributed by atoms with Gasteiger partial charge < -0.3 is 15.3 Å². The molecule has 2 N–H and O–H groups in total. The third kappa shape index (κ3) is 7.31. The minimum Gasteiger partial charge on any atom is -0.387 e. The molecule has 0 fully saturated rings. The fourth-order valence-corrected chi connectivity index (χ4v) is 3.31. The first-order valence-electron chi connectivity index (χ1n) is 6.72. The van der Waals surface area contributed by atoms with E-state index in [1.807, 2.05) is 44.1 Å². The van der Waals surface area contributed by atoms with Gasteiger partial charge in [0.25, 0.3) is 0 Å². The Kier molecular flexibility index (Phi) is 7.20. The monoisotopic (exact) mass is 374 g/mol. The number of amides is 1. The van der Waals surface area contributed by atoms with Gasteiger partial charge in [0.05, 0.1) is 11.4 Å². The Bertz CT molecular complexity index is 493. The van der Waals surface area contributed by atoms with E-state index in [9.17, 15) is 9.90 Å². The number of rotatable bonds is 7. The molecule has 0 radical (unpaired) electrons. The minimum absolute atomic E-state index is 0.0682. The summed E-state index contributed by atoms with van der Waals surface area (Å²) in [5.74, 6) is 0.280. The Hall–Kier alpha value is -0.560. The van der Waals surface area contributed by atoms with Gasteiger partial charge in [-0.25, -0.2) is 0 Å². The van der Waals surface area contributed by atoms with Crippen molar-refractivity contribution in [3.8, 4) is 0 Å². The normalized spacial score (nSPS) is 14.0. The zero-order valence-electron chi connectivity index (χ0n) is 12.9. The second-order valence-corrected chi connectivity index (χ2v) is 7.64. The lowest BCUT2D eigenvalue weighted by molar-refractivity contribution is -0.119. The van der Waals surface area contributed by atoms with Gasteiger partial charge in [-0.15, -0.1) is 11.8 Å². The van der Waals surface area contributed by atoms with E-state index in [1.165, 1.54) is 11.8 Å². The van der Waals surface area contributed by atoms with E-state index in [0.29, 0.717) is 12.3 Å². The van der Waals surface area contributed by atoms with E-state index in [4.69, 9.17) is 0 Å². The van der Waals surface area contributed by atoms with Crippen molar-refractivity contribution in [2.75, 3.05) is 32.9 Å². The van der Waals surface area contributed by atoms with Crippen LogP contribution in [0.1, 0.15) is 12.5 Å². The molecule has 0 aliphatic heterocycles. The number of carbonyl (C=O) groups is 1. The molecule has 21 heavy (non-hydrogen) atoms. The highest BCUT2D eigenvalue weighted by molar-refractivity contribution is 9.10. The van der Waals surface area contributed by atoms with Crippen molar-refractivity contribution in [2.45, 2.75) is 24.3 Å². The highest BCUT2D eigenvalue weighted by Gasteiger charge is 2.22. The SMILES string of the molecule is Cc1cc(Br)ccc1SCC(=O)NCC(C)(O)CN(C)C. The van der Waals surface area contributed by atoms with Crippen molar-refractivity contribution in [3.63, 3.8) is 0 Å². The summed E-state index contributed by atoms with van der Waals surface area (Å²) in [5, 5.41) is 12.9. The molecule has 0 bridgehead atoms. The van der Waals surface area contributed by atoms with Gasteiger partial charge in [-0.2, -0.15) is 0 Å². The number of nitrogens with one attached hydrogen (secondary N) is 1. The molecule has 1 aromatic rings. The van der Waals surface area contributed by atoms with Crippen molar-refractivity contribution in [3.05, 3.63) is 28.2 Å². The van der Waals surface area contributed by atoms with Crippen LogP contribution in [0.4, 0.5) is 0 Å². The number of thioether (sulfide) groups is 1. The second-order valence-electron chi connectivity index (χ2n) is 5.71. The van der Waals surface area contributed by atoms with Gasteiger partial charge in [0.2, 0.25) is 5.91 Å². The number of aliphatic hydroxyl groups is 1. The van der Waals surface area contributed by atoms with E-state index in [1.54, 1.807) is 6.92 Å². The van der Waals surface area contributed by atoms with Crippen LogP contribution in [-0.4, -0.2) is 54.5 Å². The van der Waals surface area contributed by atoms with E-state index in [-0.39, 0.29) is 12.5 Å². The van der Waals surface area contributed by atoms with Crippen molar-refractivity contribution in [2.24, 2.45) is 0 Å². The molecule has 0 aromatic heterocycles. The molecule has 0 saturated carbocycles. The van der Waals surface area contributed by atoms with Crippen LogP contribution >= 0.6 is 27.7 Å². The third-order valence-electron chi connectivity index (χ3n) is 2.82. The van der Waals surface area contributed by atoms with Gasteiger partial charge in [0.1, 0.15) is 0 Å². The van der Waals surface area contributed by atoms with Crippen LogP contribution in [0, 0.1) is 6.92 Å². The highest BCUT2D eigenvalue weighted by atomic mass is 79.9. The maximum Gasteiger partial charge on any atom is 0.230 e. The average molecular weight is 375 g/mol. The predicted octanol–water partition coefficient (Wildman–Crippen LogP) is 2.28. The van der Waals surface area contributed by atoms with Crippen LogP contribution in [0.15, 0.2) is 27.6 Å². The Morgan fingerprint density at radius 1 is 1.48 bits per heavy atom. The summed E-state index contributed by atoms with van der Waals surface area (Å²) < 4.78 is 1.04. The molecule has 0 heterocycles. The van der Waals surface area contributed by atoms with Gasteiger partial charge in [0.15, 0.2) is 0 Å². The van der Waals surface area contributed by atoms with Crippen molar-refractivity contribution in [1.82, 2.24) is 10.2 Å². The Morgan fingerprint density at radius 2 is 2.14 bits per heavy atom. The summed E-state index contributed by atoms with van der Waals surface area (Å²) >= 11 is 4.93. The molecule has 6 heteroatoms. The number of likely N-dealkylation sites (N-methyl/N-ethyl adjacent to an activating group) is 1. The molecule has 1 rings (SSSR count). The first kappa shape index (κ1) is 18.5. The lowest BCUT2D eigenvalue weighted by atomic mass is 10.1. The average Bonchev–Trinajstić information content (AvgIpc) is 2.34. The molecule has 1 atom stereocenters. The van der Waals surface area contributed by atoms with Gasteiger partial charge >= 0.3 is 0 Å². The number of hydrogen-bond acceptors (Lipinski definition) is 4. The molecule has 0 saturated heterocycles. The van der Waals surface area contributed by atoms with Crippen LogP contribution in [0.2, 0.25) is 0 Å². The van der Waals surface area contributed by atoms with Gasteiger partial charge in [0, 0.05) is 22.5 Å². The molecule has 118 valence electrons. The largest absolute Gasteiger partial charge is 0.387 e. The summed E-state index contributed by atoms with van der Waals surface area (Å²) in [6, 6.07) is 6.00. The van der Waals surface area contributed by atoms with Gasteiger partial charge in [-0.1, -0.05) is 15.9 Å². The number of aryl methyl sites for hydroxylation is 1. The topological polar surface area (TPSA) is 52.6 Å². The Labute approximate surface area is 139 Å². The summed E-state index contributed by atoms with van der Waals surface area (Å²) in [6.45, 7) is 4.50. The molecule has 1 amide bonds. The lowest BCUT2D eigenvalue weighted by Crippen LogP contribution is -2.47. The quantitative estimate of drug-likeness (QED) is 0.718. The van der Waals surface area contributed by atoms with Gasteiger partial charge in [-0.05, 0) is 51.7 Å². The maximum absolute atomic E-state index is 11.9. The molecule has 4 nitrogen and oxygen atoms in total. The van der Waals surface area contributed by atoms with E-state index in [0.717, 1.165) is 14.9 Å². The van der Waals surface area contributed by atoms with E-state index in [2.05, 4.69) is 21.2 Å². The van der Waals surface area contributed by atoms with Gasteiger partial charge in [-0.3, -0.25) is 4.79 Å². The first-order valence-corrected chi connectivity index (χ1v) is 8.50. The molecule has 0 aliphatic carbocycles.